The lowest BCUT2D eigenvalue weighted by atomic mass is 9.96. The number of phenols is 1. The highest BCUT2D eigenvalue weighted by Crippen LogP contribution is 2.45. The molecule has 680 valence electrons. The zero-order valence-electron chi connectivity index (χ0n) is 67.8. The number of aliphatic hydroxyl groups excluding tert-OH is 6. The van der Waals surface area contributed by atoms with Crippen LogP contribution < -0.4 is 96.2 Å². The zero-order chi connectivity index (χ0) is 92.0. The minimum atomic E-state index is -5.18. The van der Waals surface area contributed by atoms with Crippen LogP contribution in [0.25, 0.3) is 11.2 Å². The topological polar surface area (TPSA) is 788 Å². The lowest BCUT2D eigenvalue weighted by molar-refractivity contribution is -0.138. The molecule has 0 radical (unpaired) electrons. The highest BCUT2D eigenvalue weighted by molar-refractivity contribution is 7.80. The van der Waals surface area contributed by atoms with Crippen molar-refractivity contribution in [2.75, 3.05) is 50.9 Å². The molecule has 1 aliphatic heterocycles. The number of hydrogen-bond donors (Lipinski definition) is 28. The molecule has 0 spiro atoms. The summed E-state index contributed by atoms with van der Waals surface area (Å²) in [5.41, 5.74) is 17.5. The van der Waals surface area contributed by atoms with Crippen LogP contribution in [0.4, 0.5) is 5.82 Å². The predicted octanol–water partition coefficient (Wildman–Crippen LogP) is -10.2. The Morgan fingerprint density at radius 1 is 0.613 bits per heavy atom. The summed E-state index contributed by atoms with van der Waals surface area (Å²) in [7, 11) is -5.18. The number of primary amides is 1. The highest BCUT2D eigenvalue weighted by atomic mass is 32.1. The number of aliphatic hydroxyl groups is 6. The molecule has 1 saturated heterocycles. The number of hydrogen-bond acceptors (Lipinski definition) is 32. The third-order valence-corrected chi connectivity index (χ3v) is 20.2. The van der Waals surface area contributed by atoms with Crippen molar-refractivity contribution in [1.29, 1.82) is 5.41 Å². The van der Waals surface area contributed by atoms with Gasteiger partial charge in [0.1, 0.15) is 108 Å². The number of carbonyl (C=O) groups is 14. The second-order valence-electron chi connectivity index (χ2n) is 28.6. The fourth-order valence-electron chi connectivity index (χ4n) is 12.0. The molecule has 1 aliphatic rings. The predicted molar refractivity (Wildman–Crippen MR) is 434 cm³/mol. The molecule has 0 saturated carbocycles. The van der Waals surface area contributed by atoms with Crippen molar-refractivity contribution in [2.24, 2.45) is 17.4 Å². The van der Waals surface area contributed by atoms with Crippen molar-refractivity contribution in [3.63, 3.8) is 0 Å². The summed E-state index contributed by atoms with van der Waals surface area (Å²) in [6.07, 6.45) is -5.84. The van der Waals surface area contributed by atoms with E-state index in [9.17, 15) is 108 Å². The normalized spacial score (nSPS) is 18.1. The number of benzene rings is 2. The maximum absolute atomic E-state index is 15.1. The number of phosphoric acid groups is 1. The van der Waals surface area contributed by atoms with Crippen LogP contribution in [-0.4, -0.2) is 301 Å². The van der Waals surface area contributed by atoms with Gasteiger partial charge in [0.25, 0.3) is 0 Å². The molecule has 0 bridgehead atoms. The van der Waals surface area contributed by atoms with E-state index in [1.54, 1.807) is 6.92 Å². The van der Waals surface area contributed by atoms with E-state index in [0.717, 1.165) is 32.3 Å². The monoisotopic (exact) mass is 1780 g/mol. The molecule has 6 rings (SSSR count). The Morgan fingerprint density at radius 3 is 1.65 bits per heavy atom. The van der Waals surface area contributed by atoms with Crippen molar-refractivity contribution in [3.05, 3.63) is 90.5 Å². The molecule has 1 unspecified atom stereocenters. The van der Waals surface area contributed by atoms with Gasteiger partial charge >= 0.3 is 7.82 Å². The van der Waals surface area contributed by atoms with Gasteiger partial charge in [-0.15, -0.1) is 0 Å². The number of aromatic hydroxyl groups is 1. The van der Waals surface area contributed by atoms with Crippen LogP contribution in [-0.2, 0) is 100 Å². The number of thiol groups is 1. The molecule has 5 aromatic rings. The fourth-order valence-corrected chi connectivity index (χ4v) is 13.0. The number of nitrogens with zero attached hydrogens (tertiary/aromatic N) is 5. The first-order chi connectivity index (χ1) is 58.6. The molecule has 3 aromatic heterocycles. The average molecular weight is 1790 g/mol. The van der Waals surface area contributed by atoms with Crippen molar-refractivity contribution >= 4 is 126 Å². The summed E-state index contributed by atoms with van der Waals surface area (Å²) in [4.78, 5) is 220. The largest absolute Gasteiger partial charge is 0.527 e. The van der Waals surface area contributed by atoms with Crippen LogP contribution in [0.1, 0.15) is 83.9 Å². The number of guanidine groups is 1. The molecule has 0 aliphatic carbocycles. The molecule has 124 heavy (non-hydrogen) atoms. The standard InChI is InChI=1S/C72H105N24O26PS/c1-7-32(2)52(94-70(117)53(34(4)99)86-36(6)101)68(115)95-54(35(5)100)69(116)93-47(26-98)67(114)92-46(25-97)66(113)91-44(20-38-12-16-41(17-13-38)122-123(118,119)120-27-49-56(105)57(106)71(121-49)96-31-84-55-58(73)82-30-83-60(55)96)65(112)90-43(19-37-10-14-40(102)15-11-37)64(111)88-42(9-8-18-78-72(75)76)62(109)79-23-50(103)85-33(3)61(108)89-45(21-39-22-77-29-81-39)63(110)80-24-51(104)87-48(28-124)59(74)107/h10-17,22,29-35,42-49,52-54,56-57,71,97-100,102,105-106,124H,7-9,18-21,23-28H2,1-6H3,(H2,74,107)(H,77,81)(H,79,109)(H,80,110)(H,85,103)(H,86,101)(H,87,104)(H,88,111)(H,89,108)(H,90,112)(H,91,113)(H,92,114)(H,93,116)(H,94,117)(H,95,115)(H,118,119)(H2,73,82,83)(H4,75,76,78)/t32-,33-,34+,35+,42-,43-,44-,45-,46-,47-,48-,49+,52-,53-,54-,56+,57+,71+/m0/s1. The number of H-pyrrole nitrogens is 1. The highest BCUT2D eigenvalue weighted by Gasteiger charge is 2.46. The maximum Gasteiger partial charge on any atom is 0.527 e. The van der Waals surface area contributed by atoms with E-state index >= 15 is 4.79 Å². The van der Waals surface area contributed by atoms with Gasteiger partial charge in [-0.3, -0.25) is 86.5 Å². The molecule has 30 N–H and O–H groups in total. The number of aromatic nitrogens is 6. The van der Waals surface area contributed by atoms with E-state index in [1.807, 2.05) is 0 Å². The van der Waals surface area contributed by atoms with Crippen molar-refractivity contribution in [3.8, 4) is 11.5 Å². The van der Waals surface area contributed by atoms with Crippen molar-refractivity contribution in [1.82, 2.24) is 104 Å². The second kappa shape index (κ2) is 47.9. The number of phenolic OH excluding ortho intramolecular Hbond substituents is 1. The maximum atomic E-state index is 15.1. The van der Waals surface area contributed by atoms with Gasteiger partial charge in [0.05, 0.1) is 63.5 Å². The molecule has 4 heterocycles. The first-order valence-corrected chi connectivity index (χ1v) is 40.6. The van der Waals surface area contributed by atoms with Crippen LogP contribution in [0.15, 0.2) is 73.7 Å². The van der Waals surface area contributed by atoms with Gasteiger partial charge < -0.3 is 142 Å². The molecule has 1 fully saturated rings. The summed E-state index contributed by atoms with van der Waals surface area (Å²) in [5.74, 6) is -16.9. The molecular formula is C72H105N24O26PS. The first-order valence-electron chi connectivity index (χ1n) is 38.4. The number of phosphoric ester groups is 1. The Bertz CT molecular complexity index is 4590. The van der Waals surface area contributed by atoms with Crippen LogP contribution in [0.2, 0.25) is 0 Å². The summed E-state index contributed by atoms with van der Waals surface area (Å²) in [6.45, 7) is 2.70. The molecule has 14 amide bonds. The molecule has 52 heteroatoms. The van der Waals surface area contributed by atoms with E-state index in [-0.39, 0.29) is 83.3 Å². The van der Waals surface area contributed by atoms with E-state index in [4.69, 9.17) is 36.4 Å². The van der Waals surface area contributed by atoms with Gasteiger partial charge in [-0.1, -0.05) is 44.5 Å². The fraction of sp³-hybridized carbons (Fsp3) is 0.514. The summed E-state index contributed by atoms with van der Waals surface area (Å²) in [6, 6.07) is -8.77. The Labute approximate surface area is 712 Å². The average Bonchev–Trinajstić information content (AvgIpc) is 1.62. The number of imidazole rings is 2. The van der Waals surface area contributed by atoms with Gasteiger partial charge in [0.2, 0.25) is 82.7 Å². The molecule has 50 nitrogen and oxygen atoms in total. The van der Waals surface area contributed by atoms with E-state index < -0.39 is 251 Å². The molecule has 2 aromatic carbocycles. The molecule has 19 atom stereocenters. The summed E-state index contributed by atoms with van der Waals surface area (Å²) >= 11 is 3.97. The zero-order valence-corrected chi connectivity index (χ0v) is 69.6. The lowest BCUT2D eigenvalue weighted by Gasteiger charge is -2.30. The number of aromatic amines is 1. The summed E-state index contributed by atoms with van der Waals surface area (Å²) in [5, 5.41) is 115. The van der Waals surface area contributed by atoms with Crippen molar-refractivity contribution in [2.45, 2.75) is 183 Å². The number of fused-ring (bicyclic) bond motifs is 1. The number of nitrogen functional groups attached to an aromatic ring is 1. The van der Waals surface area contributed by atoms with E-state index in [1.165, 1.54) is 80.6 Å². The number of amides is 14. The Kier molecular flexibility index (Phi) is 38.8. The third kappa shape index (κ3) is 30.6. The number of anilines is 1. The van der Waals surface area contributed by atoms with Crippen LogP contribution >= 0.6 is 20.5 Å². The van der Waals surface area contributed by atoms with Crippen molar-refractivity contribution < 1.29 is 126 Å². The van der Waals surface area contributed by atoms with E-state index in [2.05, 4.69) is 112 Å². The van der Waals surface area contributed by atoms with Crippen LogP contribution in [0.3, 0.4) is 0 Å². The Balaban J connectivity index is 1.24. The van der Waals surface area contributed by atoms with Gasteiger partial charge in [-0.05, 0) is 74.9 Å². The number of carbonyl (C=O) groups excluding carboxylic acids is 14. The number of nitrogens with two attached hydrogens (primary N) is 3. The first kappa shape index (κ1) is 100. The third-order valence-electron chi connectivity index (χ3n) is 18.9. The summed E-state index contributed by atoms with van der Waals surface area (Å²) < 4.78 is 31.0. The SMILES string of the molecule is CC[C@H](C)[C@H](NC(=O)[C@@H](NC(C)=O)[C@@H](C)O)C(=O)N[C@H](C(=O)N[C@@H](CO)C(=O)N[C@@H](CO)C(=O)N[C@@H](Cc1ccc(OP(=O)(O)OC[C@H]2O[C@@H](n3cnc4c(N)ncnc43)[C@H](O)[C@@H]2O)cc1)C(=O)N[C@@H](Cc1ccc(O)cc1)C(=O)N[C@@H](CCCNC(=N)N)C(=O)NCC(=O)N[C@@H](C)C(=O)N[C@@H](Cc1c[nH]cn1)C(=O)NCC(=O)N[C@@H](CS)C(N)=O)[C@@H](C)O. The van der Waals surface area contributed by atoms with Crippen LogP contribution in [0.5, 0.6) is 11.5 Å². The van der Waals surface area contributed by atoms with Gasteiger partial charge in [0.15, 0.2) is 23.7 Å². The van der Waals surface area contributed by atoms with E-state index in [0.29, 0.717) is 0 Å². The lowest BCUT2D eigenvalue weighted by Crippen LogP contribution is -2.63. The van der Waals surface area contributed by atoms with Crippen LogP contribution in [0, 0.1) is 11.3 Å². The minimum Gasteiger partial charge on any atom is -0.508 e. The molecular weight excluding hydrogens is 1680 g/mol. The number of ether oxygens (including phenoxy) is 1. The number of rotatable bonds is 49. The Morgan fingerprint density at radius 2 is 1.11 bits per heavy atom. The van der Waals surface area contributed by atoms with Gasteiger partial charge in [0, 0.05) is 44.7 Å². The smallest absolute Gasteiger partial charge is 0.508 e. The Hall–Kier alpha value is -12.3. The second-order valence-corrected chi connectivity index (χ2v) is 30.4. The number of nitrogens with one attached hydrogen (secondary N) is 16. The quantitative estimate of drug-likeness (QED) is 0.00565. The minimum absolute atomic E-state index is 0.00585. The van der Waals surface area contributed by atoms with Gasteiger partial charge in [-0.25, -0.2) is 24.5 Å². The van der Waals surface area contributed by atoms with Gasteiger partial charge in [-0.2, -0.15) is 12.6 Å².